The summed E-state index contributed by atoms with van der Waals surface area (Å²) in [6, 6.07) is 3.17. The minimum Gasteiger partial charge on any atom is -0.384 e. The molecular formula is C7H7BrF2N2. The topological polar surface area (TPSA) is 38.9 Å². The van der Waals surface area contributed by atoms with Gasteiger partial charge in [-0.05, 0) is 28.1 Å². The van der Waals surface area contributed by atoms with Gasteiger partial charge in [0, 0.05) is 4.47 Å². The maximum absolute atomic E-state index is 11.9. The Morgan fingerprint density at radius 2 is 2.17 bits per heavy atom. The lowest BCUT2D eigenvalue weighted by Gasteiger charge is -2.02. The van der Waals surface area contributed by atoms with Crippen LogP contribution in [0.4, 0.5) is 14.6 Å². The molecule has 0 atom stereocenters. The lowest BCUT2D eigenvalue weighted by molar-refractivity contribution is 0.147. The van der Waals surface area contributed by atoms with Crippen LogP contribution in [0.2, 0.25) is 0 Å². The highest BCUT2D eigenvalue weighted by molar-refractivity contribution is 9.10. The second kappa shape index (κ2) is 3.80. The molecule has 0 radical (unpaired) electrons. The lowest BCUT2D eigenvalue weighted by Crippen LogP contribution is -2.02. The van der Waals surface area contributed by atoms with Gasteiger partial charge in [0.05, 0.1) is 12.1 Å². The molecule has 0 aliphatic rings. The van der Waals surface area contributed by atoms with Gasteiger partial charge in [0.15, 0.2) is 0 Å². The monoisotopic (exact) mass is 236 g/mol. The van der Waals surface area contributed by atoms with Crippen LogP contribution >= 0.6 is 15.9 Å². The Hall–Kier alpha value is -0.710. The number of alkyl halides is 2. The Bertz CT molecular complexity index is 278. The zero-order valence-corrected chi connectivity index (χ0v) is 7.68. The van der Waals surface area contributed by atoms with Crippen molar-refractivity contribution in [3.8, 4) is 0 Å². The van der Waals surface area contributed by atoms with E-state index in [2.05, 4.69) is 20.9 Å². The van der Waals surface area contributed by atoms with Crippen molar-refractivity contribution in [2.45, 2.75) is 12.8 Å². The molecule has 1 heterocycles. The molecule has 0 saturated carbocycles. The molecule has 0 aliphatic carbocycles. The molecule has 0 aliphatic heterocycles. The summed E-state index contributed by atoms with van der Waals surface area (Å²) < 4.78 is 24.4. The third kappa shape index (κ3) is 2.41. The van der Waals surface area contributed by atoms with Crippen LogP contribution in [0.5, 0.6) is 0 Å². The molecule has 12 heavy (non-hydrogen) atoms. The van der Waals surface area contributed by atoms with Gasteiger partial charge in [0.2, 0.25) is 6.43 Å². The number of nitrogens with two attached hydrogens (primary N) is 1. The van der Waals surface area contributed by atoms with Crippen molar-refractivity contribution in [1.82, 2.24) is 4.98 Å². The predicted molar refractivity (Wildman–Crippen MR) is 46.1 cm³/mol. The minimum absolute atomic E-state index is 0.258. The summed E-state index contributed by atoms with van der Waals surface area (Å²) in [6.07, 6.45) is -2.76. The molecule has 1 rings (SSSR count). The van der Waals surface area contributed by atoms with Crippen molar-refractivity contribution in [1.29, 1.82) is 0 Å². The van der Waals surface area contributed by atoms with Crippen LogP contribution in [-0.4, -0.2) is 11.4 Å². The van der Waals surface area contributed by atoms with E-state index in [1.807, 2.05) is 0 Å². The summed E-state index contributed by atoms with van der Waals surface area (Å²) >= 11 is 3.11. The SMILES string of the molecule is Nc1ccc(Br)c(CC(F)F)n1. The fourth-order valence-electron chi connectivity index (χ4n) is 0.791. The van der Waals surface area contributed by atoms with E-state index in [0.29, 0.717) is 10.2 Å². The first-order valence-corrected chi connectivity index (χ1v) is 4.08. The van der Waals surface area contributed by atoms with E-state index in [9.17, 15) is 8.78 Å². The first kappa shape index (κ1) is 9.38. The van der Waals surface area contributed by atoms with Gasteiger partial charge < -0.3 is 5.73 Å². The molecule has 0 spiro atoms. The summed E-state index contributed by atoms with van der Waals surface area (Å²) in [5, 5.41) is 0. The van der Waals surface area contributed by atoms with Crippen LogP contribution in [0.15, 0.2) is 16.6 Å². The maximum atomic E-state index is 11.9. The van der Waals surface area contributed by atoms with Crippen LogP contribution in [0.25, 0.3) is 0 Å². The molecule has 5 heteroatoms. The van der Waals surface area contributed by atoms with E-state index in [0.717, 1.165) is 0 Å². The number of rotatable bonds is 2. The van der Waals surface area contributed by atoms with E-state index >= 15 is 0 Å². The van der Waals surface area contributed by atoms with Crippen molar-refractivity contribution in [3.05, 3.63) is 22.3 Å². The highest BCUT2D eigenvalue weighted by atomic mass is 79.9. The molecule has 0 fully saturated rings. The Balaban J connectivity index is 2.90. The molecule has 1 aromatic rings. The quantitative estimate of drug-likeness (QED) is 0.856. The summed E-state index contributed by atoms with van der Waals surface area (Å²) in [6.45, 7) is 0. The molecule has 1 aromatic heterocycles. The average Bonchev–Trinajstić information content (AvgIpc) is 1.96. The van der Waals surface area contributed by atoms with Crippen LogP contribution in [0, 0.1) is 0 Å². The second-order valence-electron chi connectivity index (χ2n) is 2.26. The largest absolute Gasteiger partial charge is 0.384 e. The molecule has 0 saturated heterocycles. The number of halogens is 3. The minimum atomic E-state index is -2.39. The Morgan fingerprint density at radius 1 is 1.50 bits per heavy atom. The second-order valence-corrected chi connectivity index (χ2v) is 3.11. The number of hydrogen-bond donors (Lipinski definition) is 1. The highest BCUT2D eigenvalue weighted by Gasteiger charge is 2.09. The molecule has 0 amide bonds. The van der Waals surface area contributed by atoms with Crippen molar-refractivity contribution < 1.29 is 8.78 Å². The fourth-order valence-corrected chi connectivity index (χ4v) is 1.17. The number of nitrogen functional groups attached to an aromatic ring is 1. The number of nitrogens with zero attached hydrogens (tertiary/aromatic N) is 1. The van der Waals surface area contributed by atoms with E-state index in [-0.39, 0.29) is 12.2 Å². The van der Waals surface area contributed by atoms with Gasteiger partial charge in [-0.2, -0.15) is 0 Å². The van der Waals surface area contributed by atoms with Gasteiger partial charge in [-0.15, -0.1) is 0 Å². The zero-order valence-electron chi connectivity index (χ0n) is 6.10. The summed E-state index contributed by atoms with van der Waals surface area (Å²) in [5.74, 6) is 0.258. The van der Waals surface area contributed by atoms with Crippen molar-refractivity contribution in [2.24, 2.45) is 0 Å². The summed E-state index contributed by atoms with van der Waals surface area (Å²) in [5.41, 5.74) is 5.62. The molecular weight excluding hydrogens is 230 g/mol. The van der Waals surface area contributed by atoms with Crippen LogP contribution in [0.1, 0.15) is 5.69 Å². The zero-order chi connectivity index (χ0) is 9.14. The van der Waals surface area contributed by atoms with E-state index in [1.54, 1.807) is 12.1 Å². The third-order valence-corrected chi connectivity index (χ3v) is 2.01. The highest BCUT2D eigenvalue weighted by Crippen LogP contribution is 2.18. The van der Waals surface area contributed by atoms with Gasteiger partial charge in [-0.3, -0.25) is 0 Å². The normalized spacial score (nSPS) is 10.7. The van der Waals surface area contributed by atoms with Crippen molar-refractivity contribution in [3.63, 3.8) is 0 Å². The molecule has 0 bridgehead atoms. The lowest BCUT2D eigenvalue weighted by atomic mass is 10.3. The third-order valence-electron chi connectivity index (χ3n) is 1.29. The Kier molecular flexibility index (Phi) is 2.97. The standard InChI is InChI=1S/C7H7BrF2N2/c8-4-1-2-7(11)12-5(4)3-6(9)10/h1-2,6H,3H2,(H2,11,12). The van der Waals surface area contributed by atoms with E-state index in [4.69, 9.17) is 5.73 Å². The van der Waals surface area contributed by atoms with Gasteiger partial charge in [-0.25, -0.2) is 13.8 Å². The number of aromatic nitrogens is 1. The first-order valence-electron chi connectivity index (χ1n) is 3.28. The predicted octanol–water partition coefficient (Wildman–Crippen LogP) is 2.23. The first-order chi connectivity index (χ1) is 5.59. The molecule has 0 aromatic carbocycles. The molecule has 0 unspecified atom stereocenters. The smallest absolute Gasteiger partial charge is 0.244 e. The average molecular weight is 237 g/mol. The van der Waals surface area contributed by atoms with Crippen LogP contribution in [-0.2, 0) is 6.42 Å². The number of hydrogen-bond acceptors (Lipinski definition) is 2. The molecule has 2 N–H and O–H groups in total. The number of pyridine rings is 1. The summed E-state index contributed by atoms with van der Waals surface area (Å²) in [7, 11) is 0. The van der Waals surface area contributed by atoms with Gasteiger partial charge in [-0.1, -0.05) is 0 Å². The van der Waals surface area contributed by atoms with Gasteiger partial charge >= 0.3 is 0 Å². The van der Waals surface area contributed by atoms with E-state index < -0.39 is 6.43 Å². The molecule has 66 valence electrons. The van der Waals surface area contributed by atoms with Gasteiger partial charge in [0.25, 0.3) is 0 Å². The van der Waals surface area contributed by atoms with Crippen molar-refractivity contribution >= 4 is 21.7 Å². The maximum Gasteiger partial charge on any atom is 0.244 e. The van der Waals surface area contributed by atoms with E-state index in [1.165, 1.54) is 0 Å². The Morgan fingerprint density at radius 3 is 2.75 bits per heavy atom. The fraction of sp³-hybridized carbons (Fsp3) is 0.286. The van der Waals surface area contributed by atoms with Crippen LogP contribution < -0.4 is 5.73 Å². The van der Waals surface area contributed by atoms with Crippen molar-refractivity contribution in [2.75, 3.05) is 5.73 Å². The van der Waals surface area contributed by atoms with Gasteiger partial charge in [0.1, 0.15) is 5.82 Å². The van der Waals surface area contributed by atoms with Crippen LogP contribution in [0.3, 0.4) is 0 Å². The summed E-state index contributed by atoms with van der Waals surface area (Å²) in [4.78, 5) is 3.76. The molecule has 2 nitrogen and oxygen atoms in total. The Labute approximate surface area is 76.9 Å². The number of anilines is 1.